The first-order valence-electron chi connectivity index (χ1n) is 9.16. The van der Waals surface area contributed by atoms with Crippen molar-refractivity contribution in [3.63, 3.8) is 0 Å². The molecule has 1 unspecified atom stereocenters. The van der Waals surface area contributed by atoms with Gasteiger partial charge in [0.05, 0.1) is 0 Å². The number of nitrogens with zero attached hydrogens (tertiary/aromatic N) is 3. The Morgan fingerprint density at radius 2 is 1.61 bits per heavy atom. The Morgan fingerprint density at radius 3 is 2.29 bits per heavy atom. The summed E-state index contributed by atoms with van der Waals surface area (Å²) in [7, 11) is 0. The third-order valence-corrected chi connectivity index (χ3v) is 4.68. The van der Waals surface area contributed by atoms with Crippen LogP contribution in [0.3, 0.4) is 0 Å². The Labute approximate surface area is 163 Å². The summed E-state index contributed by atoms with van der Waals surface area (Å²) in [6.07, 6.45) is -0.687. The van der Waals surface area contributed by atoms with E-state index in [1.807, 2.05) is 65.6 Å². The zero-order chi connectivity index (χ0) is 19.3. The van der Waals surface area contributed by atoms with Gasteiger partial charge in [-0.25, -0.2) is 0 Å². The minimum Gasteiger partial charge on any atom is -0.446 e. The van der Waals surface area contributed by atoms with Gasteiger partial charge in [-0.3, -0.25) is 9.59 Å². The third-order valence-electron chi connectivity index (χ3n) is 4.68. The van der Waals surface area contributed by atoms with Crippen LogP contribution in [0.1, 0.15) is 17.2 Å². The molecule has 2 aliphatic heterocycles. The number of ether oxygens (including phenoxy) is 1. The van der Waals surface area contributed by atoms with Gasteiger partial charge in [0.15, 0.2) is 0 Å². The van der Waals surface area contributed by atoms with E-state index < -0.39 is 6.10 Å². The van der Waals surface area contributed by atoms with Gasteiger partial charge in [-0.15, -0.1) is 0 Å². The quantitative estimate of drug-likeness (QED) is 0.716. The molecule has 1 fully saturated rings. The molecule has 2 aliphatic rings. The van der Waals surface area contributed by atoms with Crippen molar-refractivity contribution in [1.29, 1.82) is 0 Å². The fourth-order valence-electron chi connectivity index (χ4n) is 3.15. The van der Waals surface area contributed by atoms with E-state index >= 15 is 0 Å². The fourth-order valence-corrected chi connectivity index (χ4v) is 3.15. The van der Waals surface area contributed by atoms with Crippen molar-refractivity contribution < 1.29 is 14.3 Å². The summed E-state index contributed by atoms with van der Waals surface area (Å²) in [5.74, 6) is 5.09. The molecule has 0 spiro atoms. The van der Waals surface area contributed by atoms with Crippen LogP contribution < -0.4 is 0 Å². The number of piperazine rings is 1. The highest BCUT2D eigenvalue weighted by Crippen LogP contribution is 2.25. The molecule has 0 N–H and O–H groups in total. The molecule has 0 aromatic heterocycles. The second-order valence-electron chi connectivity index (χ2n) is 6.54. The number of benzene rings is 2. The average molecular weight is 373 g/mol. The molecule has 0 saturated carbocycles. The van der Waals surface area contributed by atoms with Crippen molar-refractivity contribution in [1.82, 2.24) is 9.80 Å². The molecule has 6 nitrogen and oxygen atoms in total. The molecule has 2 amide bonds. The maximum absolute atomic E-state index is 12.3. The molecule has 0 aliphatic carbocycles. The Morgan fingerprint density at radius 1 is 0.964 bits per heavy atom. The number of carbonyl (C=O) groups excluding carboxylic acids is 2. The van der Waals surface area contributed by atoms with Crippen molar-refractivity contribution in [2.45, 2.75) is 6.10 Å². The van der Waals surface area contributed by atoms with E-state index in [9.17, 15) is 9.59 Å². The lowest BCUT2D eigenvalue weighted by molar-refractivity contribution is -0.126. The van der Waals surface area contributed by atoms with Crippen LogP contribution in [0.25, 0.3) is 0 Å². The second kappa shape index (κ2) is 7.97. The van der Waals surface area contributed by atoms with E-state index in [0.29, 0.717) is 32.2 Å². The Hall–Kier alpha value is -3.59. The van der Waals surface area contributed by atoms with Crippen molar-refractivity contribution in [3.05, 3.63) is 71.8 Å². The molecule has 4 rings (SSSR count). The lowest BCUT2D eigenvalue weighted by Crippen LogP contribution is -2.50. The molecule has 6 heteroatoms. The van der Waals surface area contributed by atoms with Gasteiger partial charge in [0.2, 0.25) is 6.10 Å². The summed E-state index contributed by atoms with van der Waals surface area (Å²) in [4.78, 5) is 32.2. The zero-order valence-electron chi connectivity index (χ0n) is 15.2. The van der Waals surface area contributed by atoms with Gasteiger partial charge >= 0.3 is 0 Å². The van der Waals surface area contributed by atoms with Crippen molar-refractivity contribution in [3.8, 4) is 11.8 Å². The minimum atomic E-state index is -0.687. The predicted octanol–water partition coefficient (Wildman–Crippen LogP) is 1.84. The minimum absolute atomic E-state index is 0.198. The molecule has 2 aromatic rings. The molecular formula is C22H19N3O3. The molecular weight excluding hydrogens is 354 g/mol. The van der Waals surface area contributed by atoms with Gasteiger partial charge < -0.3 is 14.5 Å². The first-order chi connectivity index (χ1) is 13.7. The molecule has 2 aromatic carbocycles. The van der Waals surface area contributed by atoms with E-state index in [0.717, 1.165) is 11.1 Å². The van der Waals surface area contributed by atoms with Gasteiger partial charge in [0.25, 0.3) is 17.8 Å². The van der Waals surface area contributed by atoms with Crippen LogP contribution in [0.2, 0.25) is 0 Å². The number of amidine groups is 1. The monoisotopic (exact) mass is 373 g/mol. The van der Waals surface area contributed by atoms with Crippen molar-refractivity contribution in [2.75, 3.05) is 26.2 Å². The first-order valence-corrected chi connectivity index (χ1v) is 9.16. The summed E-state index contributed by atoms with van der Waals surface area (Å²) in [6.45, 7) is 2.11. The molecule has 28 heavy (non-hydrogen) atoms. The normalized spacial score (nSPS) is 18.8. The lowest BCUT2D eigenvalue weighted by Gasteiger charge is -2.34. The van der Waals surface area contributed by atoms with Crippen LogP contribution in [0.5, 0.6) is 0 Å². The van der Waals surface area contributed by atoms with Crippen LogP contribution in [-0.2, 0) is 14.3 Å². The molecule has 1 atom stereocenters. The van der Waals surface area contributed by atoms with E-state index in [2.05, 4.69) is 16.8 Å². The highest BCUT2D eigenvalue weighted by Gasteiger charge is 2.34. The summed E-state index contributed by atoms with van der Waals surface area (Å²) >= 11 is 0. The van der Waals surface area contributed by atoms with E-state index in [1.54, 1.807) is 4.90 Å². The topological polar surface area (TPSA) is 62.2 Å². The number of amides is 2. The second-order valence-corrected chi connectivity index (χ2v) is 6.54. The number of carbonyl (C=O) groups is 2. The van der Waals surface area contributed by atoms with Gasteiger partial charge in [-0.1, -0.05) is 54.5 Å². The lowest BCUT2D eigenvalue weighted by atomic mass is 10.1. The zero-order valence-corrected chi connectivity index (χ0v) is 15.2. The van der Waals surface area contributed by atoms with Crippen LogP contribution >= 0.6 is 0 Å². The Kier molecular flexibility index (Phi) is 5.07. The molecule has 0 bridgehead atoms. The number of aliphatic imine (C=N–C) groups is 1. The standard InChI is InChI=1S/C22H19N3O3/c26-19(12-11-17-7-3-1-4-8-17)24-13-15-25(16-14-24)22-23-21(27)20(28-22)18-9-5-2-6-10-18/h1-10,20H,13-16H2. The molecule has 2 heterocycles. The summed E-state index contributed by atoms with van der Waals surface area (Å²) in [5.41, 5.74) is 1.60. The first kappa shape index (κ1) is 17.8. The van der Waals surface area contributed by atoms with Gasteiger partial charge in [-0.2, -0.15) is 4.99 Å². The van der Waals surface area contributed by atoms with E-state index in [-0.39, 0.29) is 11.8 Å². The average Bonchev–Trinajstić information content (AvgIpc) is 3.15. The molecule has 0 radical (unpaired) electrons. The SMILES string of the molecule is O=C1N=C(N2CCN(C(=O)C#Cc3ccccc3)CC2)OC1c1ccccc1. The van der Waals surface area contributed by atoms with Crippen molar-refractivity contribution in [2.24, 2.45) is 4.99 Å². The number of hydrogen-bond donors (Lipinski definition) is 0. The van der Waals surface area contributed by atoms with Crippen LogP contribution in [0, 0.1) is 11.8 Å². The number of rotatable bonds is 1. The largest absolute Gasteiger partial charge is 0.446 e. The highest BCUT2D eigenvalue weighted by atomic mass is 16.5. The molecule has 140 valence electrons. The predicted molar refractivity (Wildman–Crippen MR) is 104 cm³/mol. The Bertz CT molecular complexity index is 953. The van der Waals surface area contributed by atoms with Crippen LogP contribution in [0.15, 0.2) is 65.7 Å². The summed E-state index contributed by atoms with van der Waals surface area (Å²) < 4.78 is 5.80. The fraction of sp³-hybridized carbons (Fsp3) is 0.227. The maximum atomic E-state index is 12.3. The molecule has 1 saturated heterocycles. The van der Waals surface area contributed by atoms with Gasteiger partial charge in [-0.05, 0) is 12.1 Å². The van der Waals surface area contributed by atoms with Gasteiger partial charge in [0.1, 0.15) is 0 Å². The summed E-state index contributed by atoms with van der Waals surface area (Å²) in [5, 5.41) is 0. The highest BCUT2D eigenvalue weighted by molar-refractivity contribution is 5.99. The Balaban J connectivity index is 1.33. The van der Waals surface area contributed by atoms with E-state index in [1.165, 1.54) is 0 Å². The third kappa shape index (κ3) is 3.89. The maximum Gasteiger partial charge on any atom is 0.298 e. The van der Waals surface area contributed by atoms with Crippen LogP contribution in [0.4, 0.5) is 0 Å². The number of hydrogen-bond acceptors (Lipinski definition) is 4. The smallest absolute Gasteiger partial charge is 0.298 e. The van der Waals surface area contributed by atoms with Gasteiger partial charge in [0, 0.05) is 43.2 Å². The summed E-state index contributed by atoms with van der Waals surface area (Å²) in [6, 6.07) is 19.1. The van der Waals surface area contributed by atoms with Crippen molar-refractivity contribution >= 4 is 17.8 Å². The van der Waals surface area contributed by atoms with Crippen LogP contribution in [-0.4, -0.2) is 53.8 Å². The van der Waals surface area contributed by atoms with E-state index in [4.69, 9.17) is 4.74 Å².